The number of rotatable bonds is 1. The number of fused-ring (bicyclic) bond motifs is 3. The van der Waals surface area contributed by atoms with E-state index in [4.69, 9.17) is 4.74 Å². The summed E-state index contributed by atoms with van der Waals surface area (Å²) in [4.78, 5) is 0. The number of phenolic OH excluding ortho intramolecular Hbond substituents is 1. The zero-order chi connectivity index (χ0) is 14.5. The first-order valence-electron chi connectivity index (χ1n) is 7.62. The summed E-state index contributed by atoms with van der Waals surface area (Å²) < 4.78 is 6.26. The van der Waals surface area contributed by atoms with Gasteiger partial charge in [-0.2, -0.15) is 0 Å². The summed E-state index contributed by atoms with van der Waals surface area (Å²) in [5.74, 6) is 2.13. The third-order valence-electron chi connectivity index (χ3n) is 4.97. The van der Waals surface area contributed by atoms with Crippen LogP contribution in [0, 0.1) is 5.92 Å². The smallest absolute Gasteiger partial charge is 0.127 e. The zero-order valence-electron chi connectivity index (χ0n) is 12.9. The lowest BCUT2D eigenvalue weighted by Crippen LogP contribution is -2.45. The Kier molecular flexibility index (Phi) is 3.07. The van der Waals surface area contributed by atoms with Crippen LogP contribution in [0.1, 0.15) is 57.6 Å². The molecule has 20 heavy (non-hydrogen) atoms. The lowest BCUT2D eigenvalue weighted by Gasteiger charge is -2.47. The van der Waals surface area contributed by atoms with Crippen molar-refractivity contribution < 1.29 is 9.84 Å². The van der Waals surface area contributed by atoms with Gasteiger partial charge in [-0.05, 0) is 57.7 Å². The number of ether oxygens (including phenoxy) is 1. The summed E-state index contributed by atoms with van der Waals surface area (Å²) in [7, 11) is 0. The van der Waals surface area contributed by atoms with Crippen LogP contribution in [-0.2, 0) is 6.42 Å². The Bertz CT molecular complexity index is 569. The van der Waals surface area contributed by atoms with E-state index in [1.807, 2.05) is 6.07 Å². The highest BCUT2D eigenvalue weighted by molar-refractivity contribution is 5.52. The van der Waals surface area contributed by atoms with Crippen LogP contribution in [0.5, 0.6) is 11.5 Å². The van der Waals surface area contributed by atoms with Crippen molar-refractivity contribution in [3.63, 3.8) is 0 Å². The van der Waals surface area contributed by atoms with Crippen LogP contribution in [0.4, 0.5) is 0 Å². The van der Waals surface area contributed by atoms with Crippen LogP contribution >= 0.6 is 0 Å². The van der Waals surface area contributed by atoms with Gasteiger partial charge in [-0.25, -0.2) is 0 Å². The molecule has 0 fully saturated rings. The minimum atomic E-state index is -0.173. The number of benzene rings is 1. The fourth-order valence-electron chi connectivity index (χ4n) is 3.82. The number of allylic oxidation sites excluding steroid dienone is 2. The molecule has 0 amide bonds. The van der Waals surface area contributed by atoms with Gasteiger partial charge in [-0.15, -0.1) is 0 Å². The molecule has 2 atom stereocenters. The fourth-order valence-corrected chi connectivity index (χ4v) is 3.82. The number of aryl methyl sites for hydroxylation is 1. The average Bonchev–Trinajstić information content (AvgIpc) is 2.36. The molecule has 0 bridgehead atoms. The Hall–Kier alpha value is -1.44. The molecule has 2 nitrogen and oxygen atoms in total. The van der Waals surface area contributed by atoms with Gasteiger partial charge < -0.3 is 9.84 Å². The van der Waals surface area contributed by atoms with Gasteiger partial charge in [0.2, 0.25) is 0 Å². The van der Waals surface area contributed by atoms with Gasteiger partial charge in [-0.3, -0.25) is 0 Å². The van der Waals surface area contributed by atoms with Crippen molar-refractivity contribution in [2.24, 2.45) is 5.92 Å². The maximum atomic E-state index is 10.5. The number of hydrogen-bond donors (Lipinski definition) is 1. The molecule has 1 aromatic rings. The monoisotopic (exact) mass is 272 g/mol. The minimum absolute atomic E-state index is 0.173. The average molecular weight is 272 g/mol. The maximum absolute atomic E-state index is 10.5. The van der Waals surface area contributed by atoms with E-state index in [9.17, 15) is 5.11 Å². The van der Waals surface area contributed by atoms with E-state index in [1.165, 1.54) is 5.57 Å². The lowest BCUT2D eigenvalue weighted by atomic mass is 9.67. The molecule has 1 heterocycles. The second-order valence-corrected chi connectivity index (χ2v) is 6.79. The van der Waals surface area contributed by atoms with Crippen molar-refractivity contribution in [3.05, 3.63) is 34.9 Å². The van der Waals surface area contributed by atoms with Crippen LogP contribution in [0.2, 0.25) is 0 Å². The van der Waals surface area contributed by atoms with E-state index in [0.29, 0.717) is 17.6 Å². The summed E-state index contributed by atoms with van der Waals surface area (Å²) in [6.07, 6.45) is 5.31. The van der Waals surface area contributed by atoms with E-state index in [0.717, 1.165) is 36.1 Å². The van der Waals surface area contributed by atoms with E-state index in [1.54, 1.807) is 0 Å². The molecule has 3 rings (SSSR count). The lowest BCUT2D eigenvalue weighted by molar-refractivity contribution is 0.00753. The van der Waals surface area contributed by atoms with E-state index < -0.39 is 0 Å². The summed E-state index contributed by atoms with van der Waals surface area (Å²) in [5, 5.41) is 10.5. The van der Waals surface area contributed by atoms with Crippen molar-refractivity contribution >= 4 is 0 Å². The second kappa shape index (κ2) is 4.54. The Labute approximate surface area is 121 Å². The fraction of sp³-hybridized carbons (Fsp3) is 0.556. The molecule has 1 unspecified atom stereocenters. The first-order chi connectivity index (χ1) is 9.42. The third-order valence-corrected chi connectivity index (χ3v) is 4.97. The van der Waals surface area contributed by atoms with Crippen LogP contribution in [0.25, 0.3) is 0 Å². The highest BCUT2D eigenvalue weighted by Crippen LogP contribution is 2.54. The molecule has 0 saturated heterocycles. The quantitative estimate of drug-likeness (QED) is 0.759. The van der Waals surface area contributed by atoms with Crippen molar-refractivity contribution in [2.45, 2.75) is 58.5 Å². The minimum Gasteiger partial charge on any atom is -0.508 e. The molecule has 2 aliphatic rings. The van der Waals surface area contributed by atoms with Gasteiger partial charge in [0.15, 0.2) is 0 Å². The first kappa shape index (κ1) is 13.5. The molecule has 108 valence electrons. The van der Waals surface area contributed by atoms with Gasteiger partial charge >= 0.3 is 0 Å². The van der Waals surface area contributed by atoms with E-state index >= 15 is 0 Å². The molecule has 1 aliphatic carbocycles. The van der Waals surface area contributed by atoms with Crippen molar-refractivity contribution in [1.29, 1.82) is 0 Å². The van der Waals surface area contributed by atoms with Crippen molar-refractivity contribution in [1.82, 2.24) is 0 Å². The summed E-state index contributed by atoms with van der Waals surface area (Å²) in [5.41, 5.74) is 3.42. The van der Waals surface area contributed by atoms with Gasteiger partial charge in [0.25, 0.3) is 0 Å². The number of hydrogen-bond acceptors (Lipinski definition) is 2. The van der Waals surface area contributed by atoms with E-state index in [-0.39, 0.29) is 5.60 Å². The van der Waals surface area contributed by atoms with Crippen LogP contribution < -0.4 is 4.74 Å². The van der Waals surface area contributed by atoms with Gasteiger partial charge in [0, 0.05) is 17.4 Å². The Morgan fingerprint density at radius 1 is 1.35 bits per heavy atom. The predicted molar refractivity (Wildman–Crippen MR) is 81.4 cm³/mol. The highest BCUT2D eigenvalue weighted by atomic mass is 16.5. The molecule has 0 radical (unpaired) electrons. The molecule has 0 saturated carbocycles. The third kappa shape index (κ3) is 2.02. The highest BCUT2D eigenvalue weighted by Gasteiger charge is 2.45. The molecule has 1 aliphatic heterocycles. The molecular formula is C18H24O2. The molecule has 0 aromatic heterocycles. The van der Waals surface area contributed by atoms with Crippen molar-refractivity contribution in [2.75, 3.05) is 0 Å². The SMILES string of the molecule is CCc1cc(O)c2c(c1)OC(C)(C)[C@@H]1CC=C(C)CC21. The molecule has 1 aromatic carbocycles. The zero-order valence-corrected chi connectivity index (χ0v) is 12.9. The standard InChI is InChI=1S/C18H24O2/c1-5-12-9-15(19)17-13-8-11(2)6-7-14(13)18(3,4)20-16(17)10-12/h6,9-10,13-14,19H,5,7-8H2,1-4H3/t13?,14-/m1/s1. The Morgan fingerprint density at radius 3 is 2.80 bits per heavy atom. The Balaban J connectivity index is 2.15. The number of aromatic hydroxyl groups is 1. The van der Waals surface area contributed by atoms with Gasteiger partial charge in [-0.1, -0.05) is 18.6 Å². The topological polar surface area (TPSA) is 29.5 Å². The van der Waals surface area contributed by atoms with Crippen LogP contribution in [0.3, 0.4) is 0 Å². The molecule has 1 N–H and O–H groups in total. The maximum Gasteiger partial charge on any atom is 0.127 e. The first-order valence-corrected chi connectivity index (χ1v) is 7.62. The van der Waals surface area contributed by atoms with Crippen LogP contribution in [0.15, 0.2) is 23.8 Å². The van der Waals surface area contributed by atoms with Crippen molar-refractivity contribution in [3.8, 4) is 11.5 Å². The van der Waals surface area contributed by atoms with Gasteiger partial charge in [0.1, 0.15) is 17.1 Å². The molecule has 2 heteroatoms. The molecule has 0 spiro atoms. The Morgan fingerprint density at radius 2 is 2.10 bits per heavy atom. The summed E-state index contributed by atoms with van der Waals surface area (Å²) >= 11 is 0. The molecular weight excluding hydrogens is 248 g/mol. The van der Waals surface area contributed by atoms with Gasteiger partial charge in [0.05, 0.1) is 0 Å². The normalized spacial score (nSPS) is 27.1. The number of phenols is 1. The second-order valence-electron chi connectivity index (χ2n) is 6.79. The van der Waals surface area contributed by atoms with Crippen LogP contribution in [-0.4, -0.2) is 10.7 Å². The summed E-state index contributed by atoms with van der Waals surface area (Å²) in [6, 6.07) is 4.02. The predicted octanol–water partition coefficient (Wildman–Crippen LogP) is 4.57. The largest absolute Gasteiger partial charge is 0.508 e. The van der Waals surface area contributed by atoms with E-state index in [2.05, 4.69) is 39.8 Å². The summed E-state index contributed by atoms with van der Waals surface area (Å²) in [6.45, 7) is 8.65.